The predicted molar refractivity (Wildman–Crippen MR) is 64.3 cm³/mol. The zero-order chi connectivity index (χ0) is 11.8. The molecule has 0 heterocycles. The molecule has 0 amide bonds. The Morgan fingerprint density at radius 1 is 1.38 bits per heavy atom. The van der Waals surface area contributed by atoms with Crippen molar-refractivity contribution < 1.29 is 8.42 Å². The van der Waals surface area contributed by atoms with E-state index in [1.807, 2.05) is 13.0 Å². The molecule has 1 aliphatic carbocycles. The molecule has 0 saturated heterocycles. The van der Waals surface area contributed by atoms with E-state index in [0.29, 0.717) is 11.4 Å². The molecule has 0 aromatic heterocycles. The minimum Gasteiger partial charge on any atom is -0.318 e. The molecule has 4 heteroatoms. The lowest BCUT2D eigenvalue weighted by molar-refractivity contribution is 0.569. The smallest absolute Gasteiger partial charge is 0.185 e. The lowest BCUT2D eigenvalue weighted by Crippen LogP contribution is -2.33. The number of nitrogens with one attached hydrogen (secondary N) is 1. The standard InChI is InChI=1S/C12H17NO2S/c1-10-4-3-5-11(8-10)16(14,15)12(6-7-12)9-13-2/h3-5,8,13H,6-7,9H2,1-2H3. The summed E-state index contributed by atoms with van der Waals surface area (Å²) in [5.41, 5.74) is 0.987. The Balaban J connectivity index is 2.40. The van der Waals surface area contributed by atoms with Crippen molar-refractivity contribution in [2.24, 2.45) is 0 Å². The van der Waals surface area contributed by atoms with E-state index in [4.69, 9.17) is 0 Å². The van der Waals surface area contributed by atoms with Gasteiger partial charge in [0.15, 0.2) is 9.84 Å². The van der Waals surface area contributed by atoms with E-state index in [1.54, 1.807) is 25.2 Å². The molecule has 16 heavy (non-hydrogen) atoms. The third-order valence-corrected chi connectivity index (χ3v) is 5.74. The summed E-state index contributed by atoms with van der Waals surface area (Å²) in [5.74, 6) is 0. The first-order chi connectivity index (χ1) is 7.52. The van der Waals surface area contributed by atoms with E-state index in [1.165, 1.54) is 0 Å². The molecule has 2 rings (SSSR count). The zero-order valence-corrected chi connectivity index (χ0v) is 10.5. The lowest BCUT2D eigenvalue weighted by atomic mass is 10.2. The Morgan fingerprint density at radius 3 is 2.56 bits per heavy atom. The molecule has 1 N–H and O–H groups in total. The molecule has 0 spiro atoms. The quantitative estimate of drug-likeness (QED) is 0.866. The maximum absolute atomic E-state index is 12.4. The van der Waals surface area contributed by atoms with Crippen molar-refractivity contribution >= 4 is 9.84 Å². The molecule has 1 fully saturated rings. The van der Waals surface area contributed by atoms with E-state index < -0.39 is 14.6 Å². The van der Waals surface area contributed by atoms with Crippen molar-refractivity contribution in [1.82, 2.24) is 5.32 Å². The number of sulfone groups is 1. The SMILES string of the molecule is CNCC1(S(=O)(=O)c2cccc(C)c2)CC1. The van der Waals surface area contributed by atoms with Gasteiger partial charge in [0, 0.05) is 6.54 Å². The molecule has 0 atom stereocenters. The van der Waals surface area contributed by atoms with Gasteiger partial charge in [0.1, 0.15) is 0 Å². The van der Waals surface area contributed by atoms with E-state index in [2.05, 4.69) is 5.32 Å². The Kier molecular flexibility index (Phi) is 2.80. The van der Waals surface area contributed by atoms with Crippen LogP contribution in [0.4, 0.5) is 0 Å². The van der Waals surface area contributed by atoms with Crippen molar-refractivity contribution in [3.8, 4) is 0 Å². The van der Waals surface area contributed by atoms with Gasteiger partial charge in [0.05, 0.1) is 9.64 Å². The van der Waals surface area contributed by atoms with Gasteiger partial charge in [-0.3, -0.25) is 0 Å². The third kappa shape index (κ3) is 1.76. The monoisotopic (exact) mass is 239 g/mol. The van der Waals surface area contributed by atoms with Gasteiger partial charge >= 0.3 is 0 Å². The van der Waals surface area contributed by atoms with Gasteiger partial charge in [-0.2, -0.15) is 0 Å². The number of hydrogen-bond acceptors (Lipinski definition) is 3. The summed E-state index contributed by atoms with van der Waals surface area (Å²) < 4.78 is 24.3. The largest absolute Gasteiger partial charge is 0.318 e. The van der Waals surface area contributed by atoms with Crippen molar-refractivity contribution in [2.45, 2.75) is 29.4 Å². The van der Waals surface area contributed by atoms with Crippen LogP contribution < -0.4 is 5.32 Å². The molecule has 0 aliphatic heterocycles. The minimum atomic E-state index is -3.17. The fraction of sp³-hybridized carbons (Fsp3) is 0.500. The summed E-state index contributed by atoms with van der Waals surface area (Å²) in [4.78, 5) is 0.459. The topological polar surface area (TPSA) is 46.2 Å². The second kappa shape index (κ2) is 3.86. The van der Waals surface area contributed by atoms with Crippen LogP contribution in [0, 0.1) is 6.92 Å². The maximum Gasteiger partial charge on any atom is 0.185 e. The molecule has 0 unspecified atom stereocenters. The maximum atomic E-state index is 12.4. The van der Waals surface area contributed by atoms with E-state index in [-0.39, 0.29) is 0 Å². The van der Waals surface area contributed by atoms with Crippen molar-refractivity contribution in [3.05, 3.63) is 29.8 Å². The fourth-order valence-corrected chi connectivity index (χ4v) is 4.11. The molecule has 1 saturated carbocycles. The van der Waals surface area contributed by atoms with Gasteiger partial charge in [0.25, 0.3) is 0 Å². The number of aryl methyl sites for hydroxylation is 1. The van der Waals surface area contributed by atoms with Crippen molar-refractivity contribution in [1.29, 1.82) is 0 Å². The highest BCUT2D eigenvalue weighted by atomic mass is 32.2. The normalized spacial score (nSPS) is 18.4. The van der Waals surface area contributed by atoms with E-state index >= 15 is 0 Å². The first kappa shape index (κ1) is 11.6. The summed E-state index contributed by atoms with van der Waals surface area (Å²) in [6.45, 7) is 2.46. The third-order valence-electron chi connectivity index (χ3n) is 3.18. The Morgan fingerprint density at radius 2 is 2.06 bits per heavy atom. The van der Waals surface area contributed by atoms with Gasteiger partial charge in [-0.05, 0) is 44.5 Å². The summed E-state index contributed by atoms with van der Waals surface area (Å²) in [7, 11) is -1.38. The molecule has 1 aliphatic rings. The molecule has 3 nitrogen and oxygen atoms in total. The first-order valence-corrected chi connectivity index (χ1v) is 6.96. The van der Waals surface area contributed by atoms with Crippen molar-refractivity contribution in [2.75, 3.05) is 13.6 Å². The van der Waals surface area contributed by atoms with Crippen LogP contribution in [0.3, 0.4) is 0 Å². The average molecular weight is 239 g/mol. The summed E-state index contributed by atoms with van der Waals surface area (Å²) >= 11 is 0. The molecule has 1 aromatic rings. The number of rotatable bonds is 4. The van der Waals surface area contributed by atoms with Gasteiger partial charge in [-0.15, -0.1) is 0 Å². The number of benzene rings is 1. The second-order valence-electron chi connectivity index (χ2n) is 4.53. The van der Waals surface area contributed by atoms with Gasteiger partial charge in [-0.25, -0.2) is 8.42 Å². The molecular weight excluding hydrogens is 222 g/mol. The van der Waals surface area contributed by atoms with Crippen LogP contribution >= 0.6 is 0 Å². The zero-order valence-electron chi connectivity index (χ0n) is 9.66. The van der Waals surface area contributed by atoms with E-state index in [9.17, 15) is 8.42 Å². The average Bonchev–Trinajstić information content (AvgIpc) is 3.00. The Bertz CT molecular complexity index is 489. The van der Waals surface area contributed by atoms with Crippen LogP contribution in [-0.4, -0.2) is 26.8 Å². The highest BCUT2D eigenvalue weighted by molar-refractivity contribution is 7.93. The lowest BCUT2D eigenvalue weighted by Gasteiger charge is -2.16. The summed E-state index contributed by atoms with van der Waals surface area (Å²) in [5, 5.41) is 2.98. The number of hydrogen-bond donors (Lipinski definition) is 1. The van der Waals surface area contributed by atoms with Crippen LogP contribution in [-0.2, 0) is 9.84 Å². The molecule has 88 valence electrons. The van der Waals surface area contributed by atoms with Gasteiger partial charge in [-0.1, -0.05) is 12.1 Å². The Hall–Kier alpha value is -0.870. The van der Waals surface area contributed by atoms with Crippen LogP contribution in [0.2, 0.25) is 0 Å². The second-order valence-corrected chi connectivity index (χ2v) is 6.88. The van der Waals surface area contributed by atoms with Crippen LogP contribution in [0.5, 0.6) is 0 Å². The summed E-state index contributed by atoms with van der Waals surface area (Å²) in [6, 6.07) is 7.16. The van der Waals surface area contributed by atoms with Crippen LogP contribution in [0.1, 0.15) is 18.4 Å². The minimum absolute atomic E-state index is 0.459. The van der Waals surface area contributed by atoms with Crippen LogP contribution in [0.25, 0.3) is 0 Å². The molecule has 0 radical (unpaired) electrons. The summed E-state index contributed by atoms with van der Waals surface area (Å²) in [6.07, 6.45) is 1.54. The van der Waals surface area contributed by atoms with E-state index in [0.717, 1.165) is 18.4 Å². The molecule has 0 bridgehead atoms. The fourth-order valence-electron chi connectivity index (χ4n) is 2.03. The Labute approximate surface area is 96.8 Å². The highest BCUT2D eigenvalue weighted by Gasteiger charge is 2.54. The van der Waals surface area contributed by atoms with Crippen molar-refractivity contribution in [3.63, 3.8) is 0 Å². The predicted octanol–water partition coefficient (Wildman–Crippen LogP) is 1.52. The first-order valence-electron chi connectivity index (χ1n) is 5.48. The van der Waals surface area contributed by atoms with Gasteiger partial charge in [0.2, 0.25) is 0 Å². The molecular formula is C12H17NO2S. The van der Waals surface area contributed by atoms with Gasteiger partial charge < -0.3 is 5.32 Å². The van der Waals surface area contributed by atoms with Crippen LogP contribution in [0.15, 0.2) is 29.2 Å². The molecule has 1 aromatic carbocycles. The highest BCUT2D eigenvalue weighted by Crippen LogP contribution is 2.46.